The summed E-state index contributed by atoms with van der Waals surface area (Å²) in [5.41, 5.74) is 22.8. The van der Waals surface area contributed by atoms with Crippen molar-refractivity contribution >= 4 is 23.7 Å². The van der Waals surface area contributed by atoms with Crippen LogP contribution >= 0.6 is 0 Å². The van der Waals surface area contributed by atoms with Crippen molar-refractivity contribution < 1.29 is 37.7 Å². The van der Waals surface area contributed by atoms with E-state index in [4.69, 9.17) is 32.8 Å². The van der Waals surface area contributed by atoms with Crippen LogP contribution in [0.4, 0.5) is 13.2 Å². The van der Waals surface area contributed by atoms with Crippen LogP contribution in [-0.4, -0.2) is 65.2 Å². The number of carbonyl (C=O) groups is 3. The zero-order valence-electron chi connectivity index (χ0n) is 14.3. The molecule has 2 amide bonds. The molecule has 0 saturated carbocycles. The molecule has 162 valence electrons. The van der Waals surface area contributed by atoms with Crippen molar-refractivity contribution in [2.24, 2.45) is 27.9 Å². The molecule has 0 aromatic carbocycles. The number of nitrogens with two attached hydrogens (primary N) is 4. The van der Waals surface area contributed by atoms with Crippen molar-refractivity contribution in [3.05, 3.63) is 10.1 Å². The lowest BCUT2D eigenvalue weighted by Gasteiger charge is -2.16. The van der Waals surface area contributed by atoms with E-state index in [1.54, 1.807) is 5.43 Å². The third kappa shape index (κ3) is 14.0. The van der Waals surface area contributed by atoms with Gasteiger partial charge in [-0.2, -0.15) is 13.2 Å². The van der Waals surface area contributed by atoms with Gasteiger partial charge in [0.1, 0.15) is 6.04 Å². The molecule has 2 atom stereocenters. The Morgan fingerprint density at radius 2 is 1.75 bits per heavy atom. The Balaban J connectivity index is 0. The molecule has 0 heterocycles. The van der Waals surface area contributed by atoms with Gasteiger partial charge < -0.3 is 33.4 Å². The molecule has 0 aliphatic heterocycles. The third-order valence-electron chi connectivity index (χ3n) is 2.64. The Morgan fingerprint density at radius 3 is 2.11 bits per heavy atom. The molecule has 0 bridgehead atoms. The number of hydrogen-bond donors (Lipinski definition) is 7. The van der Waals surface area contributed by atoms with Crippen LogP contribution in [0.25, 0.3) is 0 Å². The molecule has 17 heteroatoms. The van der Waals surface area contributed by atoms with Gasteiger partial charge in [-0.1, -0.05) is 5.43 Å². The number of carbonyl (C=O) groups excluding carboxylic acids is 2. The van der Waals surface area contributed by atoms with E-state index in [1.807, 2.05) is 0 Å². The smallest absolute Gasteiger partial charge is 0.475 e. The number of carboxylic acids is 1. The normalized spacial score (nSPS) is 13.4. The minimum atomic E-state index is -5.08. The summed E-state index contributed by atoms with van der Waals surface area (Å²) in [6, 6.07) is -1.85. The Bertz CT molecular complexity index is 585. The maximum absolute atomic E-state index is 11.6. The van der Waals surface area contributed by atoms with Gasteiger partial charge in [-0.15, -0.1) is 0 Å². The summed E-state index contributed by atoms with van der Waals surface area (Å²) in [6.07, 6.45) is -4.46. The van der Waals surface area contributed by atoms with Crippen LogP contribution in [0.2, 0.25) is 0 Å². The standard InChI is InChI=1S/C9H20N8O4.C2HF3O2/c10-4-6(7(12)18)15-8(19)5(11)2-1-3-14-9(13)16-17(20)21;3-2(4,5)1(6)7/h5-6H,1-4,10-11H2,(H2,12,18)(H,15,19)(H3,13,14,16);(H,6,7)/t5-,6-;/m0./s1. The van der Waals surface area contributed by atoms with Crippen LogP contribution in [0, 0.1) is 10.1 Å². The van der Waals surface area contributed by atoms with Gasteiger partial charge in [0.05, 0.1) is 6.04 Å². The van der Waals surface area contributed by atoms with Crippen molar-refractivity contribution in [3.63, 3.8) is 0 Å². The molecule has 0 radical (unpaired) electrons. The van der Waals surface area contributed by atoms with Gasteiger partial charge in [0, 0.05) is 13.1 Å². The van der Waals surface area contributed by atoms with Crippen LogP contribution in [0.15, 0.2) is 4.99 Å². The fourth-order valence-electron chi connectivity index (χ4n) is 1.30. The van der Waals surface area contributed by atoms with Crippen molar-refractivity contribution in [2.75, 3.05) is 13.1 Å². The van der Waals surface area contributed by atoms with E-state index in [9.17, 15) is 32.9 Å². The number of guanidine groups is 1. The van der Waals surface area contributed by atoms with Crippen LogP contribution in [0.3, 0.4) is 0 Å². The van der Waals surface area contributed by atoms with E-state index in [0.717, 1.165) is 0 Å². The van der Waals surface area contributed by atoms with Crippen molar-refractivity contribution in [3.8, 4) is 0 Å². The predicted molar refractivity (Wildman–Crippen MR) is 87.7 cm³/mol. The molecule has 0 fully saturated rings. The number of primary amides is 1. The molecule has 0 spiro atoms. The average Bonchev–Trinajstić information content (AvgIpc) is 2.54. The number of nitro groups is 1. The number of aliphatic imine (C=N–C) groups is 1. The molecule has 0 aromatic rings. The molecular formula is C11H21F3N8O6. The molecule has 14 nitrogen and oxygen atoms in total. The number of aliphatic carboxylic acids is 1. The highest BCUT2D eigenvalue weighted by molar-refractivity contribution is 5.89. The highest BCUT2D eigenvalue weighted by Gasteiger charge is 2.38. The maximum Gasteiger partial charge on any atom is 0.490 e. The first-order chi connectivity index (χ1) is 12.7. The summed E-state index contributed by atoms with van der Waals surface area (Å²) in [4.78, 5) is 45.1. The van der Waals surface area contributed by atoms with Crippen LogP contribution in [0.1, 0.15) is 12.8 Å². The molecule has 0 saturated heterocycles. The summed E-state index contributed by atoms with van der Waals surface area (Å²) >= 11 is 0. The number of rotatable bonds is 9. The number of hydrazine groups is 1. The van der Waals surface area contributed by atoms with E-state index in [1.165, 1.54) is 0 Å². The number of nitrogens with one attached hydrogen (secondary N) is 2. The minimum Gasteiger partial charge on any atom is -0.475 e. The lowest BCUT2D eigenvalue weighted by molar-refractivity contribution is -0.525. The van der Waals surface area contributed by atoms with Gasteiger partial charge >= 0.3 is 12.1 Å². The van der Waals surface area contributed by atoms with Gasteiger partial charge in [-0.25, -0.2) is 19.9 Å². The Morgan fingerprint density at radius 1 is 1.25 bits per heavy atom. The summed E-state index contributed by atoms with van der Waals surface area (Å²) in [6.45, 7) is 0.0327. The Labute approximate surface area is 155 Å². The van der Waals surface area contributed by atoms with E-state index < -0.39 is 41.1 Å². The number of hydrogen-bond acceptors (Lipinski definition) is 8. The fraction of sp³-hybridized carbons (Fsp3) is 0.636. The Hall–Kier alpha value is -3.21. The molecular weight excluding hydrogens is 397 g/mol. The summed E-state index contributed by atoms with van der Waals surface area (Å²) < 4.78 is 31.7. The lowest BCUT2D eigenvalue weighted by Crippen LogP contribution is -2.53. The number of alkyl halides is 3. The van der Waals surface area contributed by atoms with Crippen LogP contribution < -0.4 is 33.7 Å². The Kier molecular flexibility index (Phi) is 12.6. The first-order valence-electron chi connectivity index (χ1n) is 7.28. The van der Waals surface area contributed by atoms with E-state index >= 15 is 0 Å². The summed E-state index contributed by atoms with van der Waals surface area (Å²) in [5, 5.41) is 18.6. The zero-order valence-corrected chi connectivity index (χ0v) is 14.3. The number of amides is 2. The van der Waals surface area contributed by atoms with E-state index in [0.29, 0.717) is 6.42 Å². The third-order valence-corrected chi connectivity index (χ3v) is 2.64. The molecule has 0 rings (SSSR count). The quantitative estimate of drug-likeness (QED) is 0.0646. The van der Waals surface area contributed by atoms with Gasteiger partial charge in [0.25, 0.3) is 5.96 Å². The monoisotopic (exact) mass is 418 g/mol. The first kappa shape index (κ1) is 27.0. The largest absolute Gasteiger partial charge is 0.490 e. The second kappa shape index (κ2) is 13.0. The van der Waals surface area contributed by atoms with Crippen molar-refractivity contribution in [2.45, 2.75) is 31.1 Å². The fourth-order valence-corrected chi connectivity index (χ4v) is 1.30. The molecule has 28 heavy (non-hydrogen) atoms. The number of halogens is 3. The van der Waals surface area contributed by atoms with Crippen LogP contribution in [-0.2, 0) is 14.4 Å². The van der Waals surface area contributed by atoms with E-state index in [-0.39, 0.29) is 25.5 Å². The number of nitrogens with zero attached hydrogens (tertiary/aromatic N) is 2. The van der Waals surface area contributed by atoms with Crippen LogP contribution in [0.5, 0.6) is 0 Å². The summed E-state index contributed by atoms with van der Waals surface area (Å²) in [7, 11) is 0. The van der Waals surface area contributed by atoms with Crippen molar-refractivity contribution in [1.82, 2.24) is 10.7 Å². The zero-order chi connectivity index (χ0) is 22.5. The topological polar surface area (TPSA) is 255 Å². The van der Waals surface area contributed by atoms with Gasteiger partial charge in [-0.3, -0.25) is 9.59 Å². The molecule has 0 unspecified atom stereocenters. The molecule has 0 aliphatic carbocycles. The average molecular weight is 418 g/mol. The molecule has 0 aromatic heterocycles. The molecule has 11 N–H and O–H groups in total. The van der Waals surface area contributed by atoms with Gasteiger partial charge in [-0.05, 0) is 12.8 Å². The highest BCUT2D eigenvalue weighted by atomic mass is 19.4. The van der Waals surface area contributed by atoms with Gasteiger partial charge in [0.15, 0.2) is 5.03 Å². The predicted octanol–water partition coefficient (Wildman–Crippen LogP) is -3.25. The van der Waals surface area contributed by atoms with E-state index in [2.05, 4.69) is 10.3 Å². The van der Waals surface area contributed by atoms with Crippen molar-refractivity contribution in [1.29, 1.82) is 0 Å². The maximum atomic E-state index is 11.6. The molecule has 0 aliphatic rings. The first-order valence-corrected chi connectivity index (χ1v) is 7.28. The van der Waals surface area contributed by atoms with Gasteiger partial charge in [0.2, 0.25) is 11.8 Å². The SMILES string of the molecule is NC[C@H](NC(=O)[C@@H](N)CCCN=C(N)N[N+](=O)[O-])C(N)=O.O=C(O)C(F)(F)F. The highest BCUT2D eigenvalue weighted by Crippen LogP contribution is 2.13. The second-order valence-corrected chi connectivity index (χ2v) is 4.89. The lowest BCUT2D eigenvalue weighted by atomic mass is 10.1. The number of carboxylic acid groups (broad SMARTS) is 1. The second-order valence-electron chi connectivity index (χ2n) is 4.89. The summed E-state index contributed by atoms with van der Waals surface area (Å²) in [5.74, 6) is -4.41. The minimum absolute atomic E-state index is 0.124.